The first kappa shape index (κ1) is 22.4. The summed E-state index contributed by atoms with van der Waals surface area (Å²) >= 11 is 0. The summed E-state index contributed by atoms with van der Waals surface area (Å²) in [5, 5.41) is 6.92. The highest BCUT2D eigenvalue weighted by Crippen LogP contribution is 2.31. The molecule has 0 spiro atoms. The zero-order valence-corrected chi connectivity index (χ0v) is 19.4. The fourth-order valence-corrected chi connectivity index (χ4v) is 5.04. The summed E-state index contributed by atoms with van der Waals surface area (Å²) in [5.41, 5.74) is 3.87. The molecule has 1 N–H and O–H groups in total. The Bertz CT molecular complexity index is 1200. The normalized spacial score (nSPS) is 20.1. The Morgan fingerprint density at radius 2 is 1.88 bits per heavy atom. The number of carbonyl (C=O) groups is 3. The minimum atomic E-state index is -0.418. The van der Waals surface area contributed by atoms with E-state index in [4.69, 9.17) is 0 Å². The Labute approximate surface area is 197 Å². The largest absolute Gasteiger partial charge is 0.333 e. The molecule has 3 aliphatic rings. The molecule has 1 aliphatic heterocycles. The second-order valence-electron chi connectivity index (χ2n) is 9.63. The fourth-order valence-electron chi connectivity index (χ4n) is 5.04. The predicted octanol–water partition coefficient (Wildman–Crippen LogP) is 1.29. The maximum Gasteiger partial charge on any atom is 0.290 e. The third-order valence-corrected chi connectivity index (χ3v) is 7.13. The van der Waals surface area contributed by atoms with Gasteiger partial charge in [0.05, 0.1) is 5.69 Å². The van der Waals surface area contributed by atoms with Crippen molar-refractivity contribution in [3.8, 4) is 0 Å². The van der Waals surface area contributed by atoms with E-state index in [2.05, 4.69) is 15.2 Å². The molecule has 2 fully saturated rings. The van der Waals surface area contributed by atoms with Gasteiger partial charge in [-0.05, 0) is 68.7 Å². The molecule has 5 rings (SSSR count). The van der Waals surface area contributed by atoms with Gasteiger partial charge in [-0.2, -0.15) is 5.10 Å². The van der Waals surface area contributed by atoms with Gasteiger partial charge in [0.1, 0.15) is 5.69 Å². The highest BCUT2D eigenvalue weighted by Gasteiger charge is 2.39. The molecule has 2 amide bonds. The number of hydrogen-bond acceptors (Lipinski definition) is 6. The van der Waals surface area contributed by atoms with Crippen molar-refractivity contribution in [2.24, 2.45) is 5.92 Å². The number of pyridine rings is 1. The summed E-state index contributed by atoms with van der Waals surface area (Å²) in [5.74, 6) is -1.00. The number of ketones is 1. The average Bonchev–Trinajstić information content (AvgIpc) is 3.70. The molecule has 2 aliphatic carbocycles. The molecular weight excluding hydrogens is 434 g/mol. The molecule has 0 radical (unpaired) electrons. The van der Waals surface area contributed by atoms with Gasteiger partial charge in [0, 0.05) is 49.8 Å². The lowest BCUT2D eigenvalue weighted by Crippen LogP contribution is -2.57. The van der Waals surface area contributed by atoms with Crippen LogP contribution in [0.4, 0.5) is 0 Å². The second kappa shape index (κ2) is 9.12. The SMILES string of the molecule is C[C@H]1CN(C(=O)c2cc(Cc3n[nH]c(=O)c4c3CCCC4)ccn2)CCN1C(=O)C(=O)C1CC1. The monoisotopic (exact) mass is 463 g/mol. The topological polar surface area (TPSA) is 116 Å². The Kier molecular flexibility index (Phi) is 6.02. The van der Waals surface area contributed by atoms with Crippen LogP contribution in [0.15, 0.2) is 23.1 Å². The molecule has 9 nitrogen and oxygen atoms in total. The quantitative estimate of drug-likeness (QED) is 0.668. The molecule has 178 valence electrons. The fraction of sp³-hybridized carbons (Fsp3) is 0.520. The lowest BCUT2D eigenvalue weighted by Gasteiger charge is -2.39. The van der Waals surface area contributed by atoms with E-state index in [0.717, 1.165) is 60.9 Å². The van der Waals surface area contributed by atoms with Crippen molar-refractivity contribution < 1.29 is 14.4 Å². The summed E-state index contributed by atoms with van der Waals surface area (Å²) in [6.07, 6.45) is 7.43. The van der Waals surface area contributed by atoms with E-state index in [1.165, 1.54) is 0 Å². The first-order valence-corrected chi connectivity index (χ1v) is 12.1. The highest BCUT2D eigenvalue weighted by atomic mass is 16.2. The molecule has 1 atom stereocenters. The lowest BCUT2D eigenvalue weighted by molar-refractivity contribution is -0.148. The van der Waals surface area contributed by atoms with Gasteiger partial charge in [-0.25, -0.2) is 5.10 Å². The first-order valence-electron chi connectivity index (χ1n) is 12.1. The van der Waals surface area contributed by atoms with Crippen LogP contribution in [0.3, 0.4) is 0 Å². The molecule has 3 heterocycles. The van der Waals surface area contributed by atoms with Crippen molar-refractivity contribution in [1.29, 1.82) is 0 Å². The molecule has 1 saturated heterocycles. The maximum atomic E-state index is 13.2. The summed E-state index contributed by atoms with van der Waals surface area (Å²) in [7, 11) is 0. The van der Waals surface area contributed by atoms with Gasteiger partial charge in [-0.15, -0.1) is 0 Å². The Hall–Kier alpha value is -3.36. The summed E-state index contributed by atoms with van der Waals surface area (Å²) in [4.78, 5) is 57.6. The van der Waals surface area contributed by atoms with Crippen molar-refractivity contribution in [2.75, 3.05) is 19.6 Å². The van der Waals surface area contributed by atoms with E-state index in [1.807, 2.05) is 13.0 Å². The summed E-state index contributed by atoms with van der Waals surface area (Å²) < 4.78 is 0. The van der Waals surface area contributed by atoms with E-state index in [0.29, 0.717) is 31.7 Å². The van der Waals surface area contributed by atoms with Gasteiger partial charge >= 0.3 is 0 Å². The number of nitrogens with one attached hydrogen (secondary N) is 1. The van der Waals surface area contributed by atoms with Gasteiger partial charge < -0.3 is 9.80 Å². The van der Waals surface area contributed by atoms with E-state index < -0.39 is 5.91 Å². The molecule has 0 unspecified atom stereocenters. The van der Waals surface area contributed by atoms with E-state index in [-0.39, 0.29) is 29.2 Å². The number of nitrogens with zero attached hydrogens (tertiary/aromatic N) is 4. The van der Waals surface area contributed by atoms with Gasteiger partial charge in [0.2, 0.25) is 5.78 Å². The molecule has 2 aromatic rings. The number of amides is 2. The number of aromatic amines is 1. The molecule has 0 bridgehead atoms. The van der Waals surface area contributed by atoms with Crippen molar-refractivity contribution >= 4 is 17.6 Å². The van der Waals surface area contributed by atoms with Crippen LogP contribution >= 0.6 is 0 Å². The zero-order chi connectivity index (χ0) is 23.8. The molecule has 9 heteroatoms. The number of Topliss-reactive ketones (excluding diaryl/α,β-unsaturated/α-hetero) is 1. The molecule has 0 aromatic carbocycles. The van der Waals surface area contributed by atoms with Crippen LogP contribution in [0.1, 0.15) is 65.5 Å². The van der Waals surface area contributed by atoms with Gasteiger partial charge in [-0.3, -0.25) is 24.2 Å². The Balaban J connectivity index is 1.28. The van der Waals surface area contributed by atoms with Gasteiger partial charge in [-0.1, -0.05) is 0 Å². The summed E-state index contributed by atoms with van der Waals surface area (Å²) in [6.45, 7) is 2.95. The number of H-pyrrole nitrogens is 1. The standard InChI is InChI=1S/C25H29N5O4/c1-15-14-29(10-11-30(15)25(34)22(31)17-6-7-17)24(33)21-13-16(8-9-26-21)12-20-18-4-2-3-5-19(18)23(32)28-27-20/h8-9,13,15,17H,2-7,10-12,14H2,1H3,(H,28,32)/t15-/m0/s1. The third kappa shape index (κ3) is 4.38. The number of hydrogen-bond donors (Lipinski definition) is 1. The number of fused-ring (bicyclic) bond motifs is 1. The molecular formula is C25H29N5O4. The van der Waals surface area contributed by atoms with Crippen LogP contribution in [-0.4, -0.2) is 68.3 Å². The van der Waals surface area contributed by atoms with Gasteiger partial charge in [0.15, 0.2) is 0 Å². The maximum absolute atomic E-state index is 13.2. The molecule has 2 aromatic heterocycles. The van der Waals surface area contributed by atoms with Crippen molar-refractivity contribution in [3.05, 3.63) is 56.8 Å². The van der Waals surface area contributed by atoms with E-state index in [1.54, 1.807) is 22.1 Å². The Morgan fingerprint density at radius 3 is 2.62 bits per heavy atom. The summed E-state index contributed by atoms with van der Waals surface area (Å²) in [6, 6.07) is 3.41. The Morgan fingerprint density at radius 1 is 1.12 bits per heavy atom. The predicted molar refractivity (Wildman–Crippen MR) is 123 cm³/mol. The van der Waals surface area contributed by atoms with Crippen LogP contribution in [-0.2, 0) is 28.9 Å². The van der Waals surface area contributed by atoms with Crippen LogP contribution in [0.25, 0.3) is 0 Å². The van der Waals surface area contributed by atoms with Crippen molar-refractivity contribution in [2.45, 2.75) is 57.9 Å². The van der Waals surface area contributed by atoms with Crippen molar-refractivity contribution in [3.63, 3.8) is 0 Å². The minimum absolute atomic E-state index is 0.102. The molecule has 1 saturated carbocycles. The number of rotatable bonds is 5. The number of aromatic nitrogens is 3. The highest BCUT2D eigenvalue weighted by molar-refractivity contribution is 6.37. The van der Waals surface area contributed by atoms with E-state index >= 15 is 0 Å². The van der Waals surface area contributed by atoms with E-state index in [9.17, 15) is 19.2 Å². The number of piperazine rings is 1. The lowest BCUT2D eigenvalue weighted by atomic mass is 9.90. The van der Waals surface area contributed by atoms with Crippen LogP contribution in [0, 0.1) is 5.92 Å². The smallest absolute Gasteiger partial charge is 0.290 e. The van der Waals surface area contributed by atoms with Crippen LogP contribution in [0.2, 0.25) is 0 Å². The minimum Gasteiger partial charge on any atom is -0.333 e. The van der Waals surface area contributed by atoms with Gasteiger partial charge in [0.25, 0.3) is 17.4 Å². The average molecular weight is 464 g/mol. The van der Waals surface area contributed by atoms with Crippen LogP contribution in [0.5, 0.6) is 0 Å². The molecule has 34 heavy (non-hydrogen) atoms. The second-order valence-corrected chi connectivity index (χ2v) is 9.63. The van der Waals surface area contributed by atoms with Crippen molar-refractivity contribution in [1.82, 2.24) is 25.0 Å². The van der Waals surface area contributed by atoms with Crippen LogP contribution < -0.4 is 5.56 Å². The number of carbonyl (C=O) groups excluding carboxylic acids is 3. The third-order valence-electron chi connectivity index (χ3n) is 7.13. The first-order chi connectivity index (χ1) is 16.4. The zero-order valence-electron chi connectivity index (χ0n) is 19.4.